The lowest BCUT2D eigenvalue weighted by Crippen LogP contribution is -3.15. The van der Waals surface area contributed by atoms with Crippen LogP contribution in [0.1, 0.15) is 33.1 Å². The van der Waals surface area contributed by atoms with Gasteiger partial charge in [-0.15, -0.1) is 0 Å². The second-order valence-corrected chi connectivity index (χ2v) is 10.0. The monoisotopic (exact) mass is 423 g/mol. The van der Waals surface area contributed by atoms with E-state index in [1.165, 1.54) is 21.7 Å². The molecule has 2 fully saturated rings. The van der Waals surface area contributed by atoms with Gasteiger partial charge in [0.2, 0.25) is 0 Å². The minimum absolute atomic E-state index is 0.00964. The first-order chi connectivity index (χ1) is 15.0. The highest BCUT2D eigenvalue weighted by atomic mass is 16.6. The van der Waals surface area contributed by atoms with Crippen LogP contribution in [0, 0.1) is 17.3 Å². The van der Waals surface area contributed by atoms with E-state index in [9.17, 15) is 4.79 Å². The van der Waals surface area contributed by atoms with Crippen molar-refractivity contribution in [1.29, 1.82) is 0 Å². The molecule has 0 unspecified atom stereocenters. The smallest absolute Gasteiger partial charge is 0.315 e. The Hall–Kier alpha value is -2.27. The van der Waals surface area contributed by atoms with Crippen LogP contribution in [0.2, 0.25) is 0 Å². The van der Waals surface area contributed by atoms with Gasteiger partial charge < -0.3 is 19.3 Å². The van der Waals surface area contributed by atoms with E-state index in [4.69, 9.17) is 9.47 Å². The van der Waals surface area contributed by atoms with Gasteiger partial charge in [-0.05, 0) is 49.3 Å². The van der Waals surface area contributed by atoms with Gasteiger partial charge in [-0.3, -0.25) is 4.79 Å². The van der Waals surface area contributed by atoms with Crippen LogP contribution in [0.25, 0.3) is 0 Å². The average molecular weight is 424 g/mol. The topological polar surface area (TPSA) is 43.2 Å². The summed E-state index contributed by atoms with van der Waals surface area (Å²) in [5, 5.41) is 0. The lowest BCUT2D eigenvalue weighted by atomic mass is 9.62. The zero-order valence-corrected chi connectivity index (χ0v) is 19.0. The first-order valence-electron chi connectivity index (χ1n) is 11.8. The number of fused-ring (bicyclic) bond motifs is 2. The molecule has 4 aliphatic rings. The van der Waals surface area contributed by atoms with E-state index < -0.39 is 0 Å². The second-order valence-electron chi connectivity index (χ2n) is 10.0. The van der Waals surface area contributed by atoms with Crippen LogP contribution >= 0.6 is 0 Å². The molecule has 5 rings (SSSR count). The molecule has 2 saturated heterocycles. The largest absolute Gasteiger partial charge is 0.495 e. The molecule has 0 saturated carbocycles. The molecule has 1 aromatic rings. The number of para-hydroxylation sites is 2. The van der Waals surface area contributed by atoms with E-state index in [1.807, 2.05) is 12.1 Å². The van der Waals surface area contributed by atoms with Gasteiger partial charge in [0.25, 0.3) is 0 Å². The molecule has 0 aromatic heterocycles. The number of carbonyl (C=O) groups excluding carboxylic acids is 1. The fourth-order valence-electron chi connectivity index (χ4n) is 6.33. The molecule has 2 aliphatic carbocycles. The number of methoxy groups -OCH3 is 1. The van der Waals surface area contributed by atoms with E-state index in [0.29, 0.717) is 0 Å². The molecule has 0 amide bonds. The SMILES string of the molecule is COc1ccccc1N1CC[NH+](C[C@H]2C(=O)O[C@@H]3C[C@@]4(C)CCC=C(C)C4=C[C@@H]32)CC1. The fourth-order valence-corrected chi connectivity index (χ4v) is 6.33. The molecule has 0 spiro atoms. The maximum atomic E-state index is 12.9. The third kappa shape index (κ3) is 3.67. The van der Waals surface area contributed by atoms with Crippen molar-refractivity contribution >= 4 is 11.7 Å². The molecule has 2 heterocycles. The molecule has 2 aliphatic heterocycles. The van der Waals surface area contributed by atoms with Crippen LogP contribution in [-0.2, 0) is 9.53 Å². The van der Waals surface area contributed by atoms with Crippen molar-refractivity contribution in [2.75, 3.05) is 44.7 Å². The Morgan fingerprint density at radius 3 is 2.81 bits per heavy atom. The van der Waals surface area contributed by atoms with Crippen molar-refractivity contribution in [3.8, 4) is 5.75 Å². The number of quaternary nitrogens is 1. The molecule has 166 valence electrons. The van der Waals surface area contributed by atoms with Gasteiger partial charge in [0.05, 0.1) is 45.5 Å². The third-order valence-corrected chi connectivity index (χ3v) is 8.10. The van der Waals surface area contributed by atoms with Gasteiger partial charge in [-0.1, -0.05) is 36.8 Å². The molecular formula is C26H35N2O3+. The molecule has 0 radical (unpaired) electrons. The normalized spacial score (nSPS) is 33.2. The number of piperazine rings is 1. The number of rotatable bonds is 4. The Kier molecular flexibility index (Phi) is 5.33. The number of hydrogen-bond acceptors (Lipinski definition) is 4. The zero-order chi connectivity index (χ0) is 21.6. The van der Waals surface area contributed by atoms with Crippen molar-refractivity contribution in [2.24, 2.45) is 17.3 Å². The minimum Gasteiger partial charge on any atom is -0.495 e. The van der Waals surface area contributed by atoms with Crippen LogP contribution < -0.4 is 14.5 Å². The summed E-state index contributed by atoms with van der Waals surface area (Å²) in [5.41, 5.74) is 4.21. The Labute approximate surface area is 185 Å². The van der Waals surface area contributed by atoms with Gasteiger partial charge >= 0.3 is 5.97 Å². The van der Waals surface area contributed by atoms with Crippen LogP contribution in [0.5, 0.6) is 5.75 Å². The summed E-state index contributed by atoms with van der Waals surface area (Å²) >= 11 is 0. The summed E-state index contributed by atoms with van der Waals surface area (Å²) in [6, 6.07) is 8.24. The number of carbonyl (C=O) groups is 1. The zero-order valence-electron chi connectivity index (χ0n) is 19.0. The highest BCUT2D eigenvalue weighted by Crippen LogP contribution is 2.52. The van der Waals surface area contributed by atoms with E-state index in [1.54, 1.807) is 7.11 Å². The molecular weight excluding hydrogens is 388 g/mol. The van der Waals surface area contributed by atoms with Crippen LogP contribution in [-0.4, -0.2) is 51.9 Å². The Balaban J connectivity index is 1.27. The first-order valence-corrected chi connectivity index (χ1v) is 11.8. The van der Waals surface area contributed by atoms with Gasteiger partial charge in [-0.2, -0.15) is 0 Å². The Morgan fingerprint density at radius 2 is 2.03 bits per heavy atom. The summed E-state index contributed by atoms with van der Waals surface area (Å²) in [6.07, 6.45) is 8.12. The third-order valence-electron chi connectivity index (χ3n) is 8.10. The van der Waals surface area contributed by atoms with Gasteiger partial charge in [0.15, 0.2) is 0 Å². The Morgan fingerprint density at radius 1 is 1.26 bits per heavy atom. The lowest BCUT2D eigenvalue weighted by Gasteiger charge is -2.43. The van der Waals surface area contributed by atoms with E-state index in [2.05, 4.69) is 43.0 Å². The Bertz CT molecular complexity index is 915. The van der Waals surface area contributed by atoms with Crippen molar-refractivity contribution < 1.29 is 19.2 Å². The molecule has 1 aromatic carbocycles. The summed E-state index contributed by atoms with van der Waals surface area (Å²) in [4.78, 5) is 16.8. The summed E-state index contributed by atoms with van der Waals surface area (Å²) in [6.45, 7) is 9.49. The molecule has 0 bridgehead atoms. The van der Waals surface area contributed by atoms with Crippen LogP contribution in [0.3, 0.4) is 0 Å². The van der Waals surface area contributed by atoms with E-state index in [0.717, 1.165) is 57.7 Å². The average Bonchev–Trinajstić information content (AvgIpc) is 3.06. The van der Waals surface area contributed by atoms with Crippen molar-refractivity contribution in [3.63, 3.8) is 0 Å². The first kappa shape index (κ1) is 20.6. The number of ether oxygens (including phenoxy) is 2. The van der Waals surface area contributed by atoms with Crippen LogP contribution in [0.15, 0.2) is 47.6 Å². The van der Waals surface area contributed by atoms with Gasteiger partial charge in [0, 0.05) is 5.92 Å². The number of nitrogens with one attached hydrogen (secondary N) is 1. The summed E-state index contributed by atoms with van der Waals surface area (Å²) in [7, 11) is 1.73. The maximum Gasteiger partial charge on any atom is 0.315 e. The van der Waals surface area contributed by atoms with Crippen LogP contribution in [0.4, 0.5) is 5.69 Å². The molecule has 5 nitrogen and oxygen atoms in total. The molecule has 1 N–H and O–H groups in total. The number of allylic oxidation sites excluding steroid dienone is 3. The molecule has 31 heavy (non-hydrogen) atoms. The minimum atomic E-state index is -0.00964. The van der Waals surface area contributed by atoms with Crippen molar-refractivity contribution in [1.82, 2.24) is 0 Å². The highest BCUT2D eigenvalue weighted by molar-refractivity contribution is 5.76. The van der Waals surface area contributed by atoms with Crippen molar-refractivity contribution in [2.45, 2.75) is 39.2 Å². The molecule has 4 atom stereocenters. The quantitative estimate of drug-likeness (QED) is 0.757. The fraction of sp³-hybridized carbons (Fsp3) is 0.577. The number of nitrogens with zero attached hydrogens (tertiary/aromatic N) is 1. The van der Waals surface area contributed by atoms with Gasteiger partial charge in [-0.25, -0.2) is 0 Å². The number of hydrogen-bond donors (Lipinski definition) is 1. The second kappa shape index (κ2) is 8.01. The highest BCUT2D eigenvalue weighted by Gasteiger charge is 2.52. The number of esters is 1. The summed E-state index contributed by atoms with van der Waals surface area (Å²) < 4.78 is 11.5. The lowest BCUT2D eigenvalue weighted by molar-refractivity contribution is -0.903. The van der Waals surface area contributed by atoms with E-state index >= 15 is 0 Å². The van der Waals surface area contributed by atoms with Gasteiger partial charge in [0.1, 0.15) is 17.8 Å². The predicted octanol–water partition coefficient (Wildman–Crippen LogP) is 2.63. The molecule has 5 heteroatoms. The summed E-state index contributed by atoms with van der Waals surface area (Å²) in [5.74, 6) is 1.18. The number of benzene rings is 1. The standard InChI is InChI=1S/C26H34N2O3/c1-18-7-6-10-26(2)16-24-19(15-21(18)26)20(25(29)31-24)17-27-11-13-28(14-12-27)22-8-4-5-9-23(22)30-3/h4-5,7-9,15,19-20,24H,6,10-14,16-17H2,1-3H3/p+1/t19-,20-,24-,26-/m1/s1. The van der Waals surface area contributed by atoms with E-state index in [-0.39, 0.29) is 29.3 Å². The number of anilines is 1. The predicted molar refractivity (Wildman–Crippen MR) is 121 cm³/mol. The maximum absolute atomic E-state index is 12.9. The van der Waals surface area contributed by atoms with Crippen molar-refractivity contribution in [3.05, 3.63) is 47.6 Å².